The topological polar surface area (TPSA) is 146 Å². The van der Waals surface area contributed by atoms with Crippen molar-refractivity contribution in [2.24, 2.45) is 29.6 Å². The molecule has 2 saturated carbocycles. The maximum absolute atomic E-state index is 13.6. The first kappa shape index (κ1) is 27.8. The van der Waals surface area contributed by atoms with Crippen LogP contribution in [0.5, 0.6) is 5.75 Å². The number of carbonyl (C=O) groups excluding carboxylic acids is 3. The molecular weight excluding hydrogens is 597 g/mol. The van der Waals surface area contributed by atoms with Crippen LogP contribution in [-0.2, 0) is 19.2 Å². The summed E-state index contributed by atoms with van der Waals surface area (Å²) in [6, 6.07) is 11.5. The smallest absolute Gasteiger partial charge is 0.326 e. The van der Waals surface area contributed by atoms with Gasteiger partial charge < -0.3 is 20.1 Å². The number of hydrogen-bond acceptors (Lipinski definition) is 8. The van der Waals surface area contributed by atoms with Gasteiger partial charge in [0.1, 0.15) is 17.6 Å². The van der Waals surface area contributed by atoms with Crippen LogP contribution in [-0.4, -0.2) is 56.6 Å². The molecule has 3 heterocycles. The predicted molar refractivity (Wildman–Crippen MR) is 154 cm³/mol. The number of thiazole rings is 1. The fourth-order valence-corrected chi connectivity index (χ4v) is 10.5. The van der Waals surface area contributed by atoms with Gasteiger partial charge >= 0.3 is 10.8 Å². The van der Waals surface area contributed by atoms with Crippen molar-refractivity contribution in [2.75, 3.05) is 11.9 Å². The Balaban J connectivity index is 1.17. The quantitative estimate of drug-likeness (QED) is 0.339. The van der Waals surface area contributed by atoms with Crippen LogP contribution >= 0.6 is 23.1 Å². The second kappa shape index (κ2) is 10.3. The summed E-state index contributed by atoms with van der Waals surface area (Å²) in [6.07, 6.45) is 0.680. The van der Waals surface area contributed by atoms with Crippen LogP contribution in [0, 0.1) is 35.4 Å². The van der Waals surface area contributed by atoms with E-state index >= 15 is 0 Å². The number of imide groups is 1. The SMILES string of the molecule is CC(C(=O)O)N1C(=O)C2C3CC(C2C1=O)C1C3Sc2[nH]c(=O)sc2[C@@H]1c1cccc(OCC(=O)Nc2ccc(F)cc2)c1. The summed E-state index contributed by atoms with van der Waals surface area (Å²) in [7, 11) is 0. The van der Waals surface area contributed by atoms with Gasteiger partial charge in [-0.1, -0.05) is 23.5 Å². The van der Waals surface area contributed by atoms with Crippen molar-refractivity contribution >= 4 is 52.5 Å². The number of ether oxygens (including phenoxy) is 1. The minimum atomic E-state index is -1.23. The minimum absolute atomic E-state index is 0.0445. The standard InChI is InChI=1S/C30H26FN3O7S2/c1-12(29(38)39)34-27(36)22-17-10-18(23(22)28(34)37)24-21(17)20(25-26(42-24)33-30(40)43-25)13-3-2-4-16(9-13)41-11-19(35)32-15-7-5-14(31)6-8-15/h2-9,12,17-18,20-24H,10-11H2,1H3,(H,32,35)(H,33,40)(H,38,39)/t12?,17?,18?,20-,21?,22?,23?,24?/m1/s1. The lowest BCUT2D eigenvalue weighted by atomic mass is 9.68. The van der Waals surface area contributed by atoms with Crippen molar-refractivity contribution in [1.29, 1.82) is 0 Å². The van der Waals surface area contributed by atoms with Gasteiger partial charge in [-0.2, -0.15) is 0 Å². The lowest BCUT2D eigenvalue weighted by Crippen LogP contribution is -2.44. The number of benzene rings is 2. The molecule has 7 rings (SSSR count). The third-order valence-electron chi connectivity index (χ3n) is 9.22. The number of hydrogen-bond donors (Lipinski definition) is 3. The molecule has 3 N–H and O–H groups in total. The normalized spacial score (nSPS) is 29.2. The number of rotatable bonds is 7. The number of anilines is 1. The van der Waals surface area contributed by atoms with Gasteiger partial charge in [0.05, 0.1) is 16.9 Å². The summed E-state index contributed by atoms with van der Waals surface area (Å²) in [5.41, 5.74) is 1.30. The summed E-state index contributed by atoms with van der Waals surface area (Å²) in [5.74, 6) is -4.18. The molecule has 0 radical (unpaired) electrons. The van der Waals surface area contributed by atoms with Crippen molar-refractivity contribution in [3.05, 3.63) is 74.5 Å². The molecule has 2 aromatic carbocycles. The molecule has 2 aliphatic heterocycles. The van der Waals surface area contributed by atoms with Crippen LogP contribution < -0.4 is 14.9 Å². The van der Waals surface area contributed by atoms with Crippen molar-refractivity contribution in [2.45, 2.75) is 35.6 Å². The molecule has 10 nitrogen and oxygen atoms in total. The number of aromatic nitrogens is 1. The van der Waals surface area contributed by atoms with Gasteiger partial charge in [0, 0.05) is 21.7 Å². The zero-order valence-electron chi connectivity index (χ0n) is 22.7. The highest BCUT2D eigenvalue weighted by atomic mass is 32.2. The number of carbonyl (C=O) groups is 4. The number of H-pyrrole nitrogens is 1. The van der Waals surface area contributed by atoms with Gasteiger partial charge in [0.2, 0.25) is 11.8 Å². The zero-order valence-corrected chi connectivity index (χ0v) is 24.3. The first-order valence-electron chi connectivity index (χ1n) is 13.9. The van der Waals surface area contributed by atoms with E-state index < -0.39 is 47.4 Å². The fourth-order valence-electron chi connectivity index (χ4n) is 7.58. The van der Waals surface area contributed by atoms with Crippen LogP contribution in [0.4, 0.5) is 10.1 Å². The summed E-state index contributed by atoms with van der Waals surface area (Å²) in [4.78, 5) is 68.2. The first-order valence-corrected chi connectivity index (χ1v) is 15.6. The van der Waals surface area contributed by atoms with E-state index in [2.05, 4.69) is 10.3 Å². The summed E-state index contributed by atoms with van der Waals surface area (Å²) < 4.78 is 19.0. The molecule has 7 unspecified atom stereocenters. The predicted octanol–water partition coefficient (Wildman–Crippen LogP) is 3.54. The molecule has 1 aromatic heterocycles. The van der Waals surface area contributed by atoms with Crippen LogP contribution in [0.2, 0.25) is 0 Å². The van der Waals surface area contributed by atoms with E-state index in [1.54, 1.807) is 17.8 Å². The molecule has 1 saturated heterocycles. The van der Waals surface area contributed by atoms with Gasteiger partial charge in [-0.3, -0.25) is 24.1 Å². The van der Waals surface area contributed by atoms with Gasteiger partial charge in [-0.25, -0.2) is 9.18 Å². The molecular formula is C30H26FN3O7S2. The van der Waals surface area contributed by atoms with E-state index in [1.165, 1.54) is 31.2 Å². The Morgan fingerprint density at radius 1 is 1.12 bits per heavy atom. The van der Waals surface area contributed by atoms with E-state index in [0.29, 0.717) is 17.9 Å². The molecule has 13 heteroatoms. The molecule has 3 amide bonds. The molecule has 2 bridgehead atoms. The highest BCUT2D eigenvalue weighted by molar-refractivity contribution is 8.00. The number of fused-ring (bicyclic) bond motifs is 9. The Hall–Kier alpha value is -3.97. The number of carboxylic acids is 1. The number of likely N-dealkylation sites (tertiary alicyclic amines) is 1. The third-order valence-corrected chi connectivity index (χ3v) is 11.8. The maximum Gasteiger partial charge on any atom is 0.326 e. The Kier molecular flexibility index (Phi) is 6.69. The number of halogens is 1. The van der Waals surface area contributed by atoms with E-state index in [9.17, 15) is 33.5 Å². The number of thioether (sulfide) groups is 1. The highest BCUT2D eigenvalue weighted by Gasteiger charge is 2.70. The van der Waals surface area contributed by atoms with E-state index in [4.69, 9.17) is 4.74 Å². The summed E-state index contributed by atoms with van der Waals surface area (Å²) in [6.45, 7) is 1.08. The fraction of sp³-hybridized carbons (Fsp3) is 0.367. The van der Waals surface area contributed by atoms with Crippen LogP contribution in [0.1, 0.15) is 29.7 Å². The van der Waals surface area contributed by atoms with Crippen LogP contribution in [0.3, 0.4) is 0 Å². The Morgan fingerprint density at radius 3 is 2.56 bits per heavy atom. The van der Waals surface area contributed by atoms with Crippen molar-refractivity contribution in [3.63, 3.8) is 0 Å². The van der Waals surface area contributed by atoms with Crippen LogP contribution in [0.15, 0.2) is 58.4 Å². The monoisotopic (exact) mass is 623 g/mol. The van der Waals surface area contributed by atoms with Gasteiger partial charge in [-0.15, -0.1) is 11.8 Å². The Labute approximate surface area is 252 Å². The minimum Gasteiger partial charge on any atom is -0.484 e. The Morgan fingerprint density at radius 2 is 1.84 bits per heavy atom. The summed E-state index contributed by atoms with van der Waals surface area (Å²) in [5, 5.41) is 12.9. The van der Waals surface area contributed by atoms with E-state index in [-0.39, 0.29) is 40.4 Å². The first-order chi connectivity index (χ1) is 20.6. The molecule has 3 aromatic rings. The molecule has 222 valence electrons. The van der Waals surface area contributed by atoms with Crippen LogP contribution in [0.25, 0.3) is 0 Å². The third kappa shape index (κ3) is 4.48. The van der Waals surface area contributed by atoms with E-state index in [0.717, 1.165) is 31.7 Å². The molecule has 2 aliphatic carbocycles. The molecule has 3 fully saturated rings. The largest absolute Gasteiger partial charge is 0.484 e. The summed E-state index contributed by atoms with van der Waals surface area (Å²) >= 11 is 2.68. The number of nitrogens with one attached hydrogen (secondary N) is 2. The van der Waals surface area contributed by atoms with Crippen molar-refractivity contribution in [1.82, 2.24) is 9.88 Å². The number of aromatic amines is 1. The average Bonchev–Trinajstić information content (AvgIpc) is 3.71. The molecule has 8 atom stereocenters. The van der Waals surface area contributed by atoms with Gasteiger partial charge in [0.15, 0.2) is 6.61 Å². The second-order valence-electron chi connectivity index (χ2n) is 11.4. The maximum atomic E-state index is 13.6. The molecule has 4 aliphatic rings. The number of aliphatic carboxylic acids is 1. The second-order valence-corrected chi connectivity index (χ2v) is 13.6. The number of carboxylic acid groups (broad SMARTS) is 1. The van der Waals surface area contributed by atoms with Gasteiger partial charge in [-0.05, 0) is 73.1 Å². The average molecular weight is 624 g/mol. The number of amides is 3. The Bertz CT molecular complexity index is 1720. The number of nitrogens with zero attached hydrogens (tertiary/aromatic N) is 1. The molecule has 43 heavy (non-hydrogen) atoms. The lowest BCUT2D eigenvalue weighted by molar-refractivity contribution is -0.154. The van der Waals surface area contributed by atoms with E-state index in [1.807, 2.05) is 18.2 Å². The van der Waals surface area contributed by atoms with Crippen molar-refractivity contribution < 1.29 is 33.4 Å². The lowest BCUT2D eigenvalue weighted by Gasteiger charge is -2.43. The highest BCUT2D eigenvalue weighted by Crippen LogP contribution is 2.68. The zero-order chi connectivity index (χ0) is 30.2. The van der Waals surface area contributed by atoms with Gasteiger partial charge in [0.25, 0.3) is 5.91 Å². The molecule has 0 spiro atoms. The van der Waals surface area contributed by atoms with Crippen molar-refractivity contribution in [3.8, 4) is 5.75 Å².